The van der Waals surface area contributed by atoms with Gasteiger partial charge in [-0.25, -0.2) is 14.6 Å². The number of nitrogens with zero attached hydrogens (tertiary/aromatic N) is 3. The lowest BCUT2D eigenvalue weighted by Crippen LogP contribution is -2.35. The predicted molar refractivity (Wildman–Crippen MR) is 130 cm³/mol. The molecular weight excluding hydrogens is 428 g/mol. The van der Waals surface area contributed by atoms with E-state index in [2.05, 4.69) is 15.2 Å². The molecule has 2 unspecified atom stereocenters. The van der Waals surface area contributed by atoms with Crippen LogP contribution in [0.2, 0.25) is 0 Å². The molecule has 3 aromatic carbocycles. The maximum absolute atomic E-state index is 12.6. The van der Waals surface area contributed by atoms with Crippen molar-refractivity contribution in [1.82, 2.24) is 9.80 Å². The van der Waals surface area contributed by atoms with Crippen molar-refractivity contribution in [2.24, 2.45) is 16.8 Å². The molecule has 2 amide bonds. The second-order valence-electron chi connectivity index (χ2n) is 9.02. The molecule has 6 rings (SSSR count). The number of hydrogen-bond acceptors (Lipinski definition) is 5. The number of amides is 2. The Morgan fingerprint density at radius 3 is 2.41 bits per heavy atom. The quantitative estimate of drug-likeness (QED) is 0.480. The number of anilines is 1. The van der Waals surface area contributed by atoms with Crippen LogP contribution in [0.15, 0.2) is 89.7 Å². The lowest BCUT2D eigenvalue weighted by Gasteiger charge is -2.21. The highest BCUT2D eigenvalue weighted by molar-refractivity contribution is 6.16. The summed E-state index contributed by atoms with van der Waals surface area (Å²) in [4.78, 5) is 33.7. The predicted octanol–water partition coefficient (Wildman–Crippen LogP) is 4.08. The summed E-state index contributed by atoms with van der Waals surface area (Å²) in [5.41, 5.74) is 1.94. The van der Waals surface area contributed by atoms with Gasteiger partial charge in [-0.2, -0.15) is 0 Å². The third kappa shape index (κ3) is 3.79. The number of para-hydroxylation sites is 1. The van der Waals surface area contributed by atoms with Gasteiger partial charge >= 0.3 is 12.0 Å². The molecule has 3 aromatic rings. The Morgan fingerprint density at radius 2 is 1.62 bits per heavy atom. The molecule has 34 heavy (non-hydrogen) atoms. The van der Waals surface area contributed by atoms with Crippen LogP contribution in [0.3, 0.4) is 0 Å². The van der Waals surface area contributed by atoms with E-state index in [-0.39, 0.29) is 6.03 Å². The van der Waals surface area contributed by atoms with Gasteiger partial charge in [0.25, 0.3) is 0 Å². The van der Waals surface area contributed by atoms with Gasteiger partial charge in [0.1, 0.15) is 0 Å². The van der Waals surface area contributed by atoms with Gasteiger partial charge in [-0.05, 0) is 29.0 Å². The van der Waals surface area contributed by atoms with Crippen molar-refractivity contribution in [2.75, 3.05) is 31.5 Å². The van der Waals surface area contributed by atoms with Crippen molar-refractivity contribution in [3.8, 4) is 0 Å². The summed E-state index contributed by atoms with van der Waals surface area (Å²) in [5, 5.41) is 5.04. The molecule has 0 saturated carbocycles. The first kappa shape index (κ1) is 20.5. The van der Waals surface area contributed by atoms with Gasteiger partial charge in [0, 0.05) is 55.5 Å². The summed E-state index contributed by atoms with van der Waals surface area (Å²) in [5.74, 6) is 0.662. The van der Waals surface area contributed by atoms with Crippen LogP contribution in [0, 0.1) is 11.8 Å². The molecule has 0 radical (unpaired) electrons. The Bertz CT molecular complexity index is 1310. The fourth-order valence-corrected chi connectivity index (χ4v) is 5.12. The molecule has 3 aliphatic rings. The number of aliphatic imine (C=N–C) groups is 1. The average molecular weight is 453 g/mol. The van der Waals surface area contributed by atoms with Crippen LogP contribution in [0.1, 0.15) is 5.56 Å². The van der Waals surface area contributed by atoms with Crippen molar-refractivity contribution in [3.05, 3.63) is 90.3 Å². The molecule has 0 spiro atoms. The Labute approximate surface area is 197 Å². The summed E-state index contributed by atoms with van der Waals surface area (Å²) in [6.45, 7) is 2.99. The van der Waals surface area contributed by atoms with Crippen LogP contribution >= 0.6 is 0 Å². The minimum Gasteiger partial charge on any atom is -0.402 e. The lowest BCUT2D eigenvalue weighted by molar-refractivity contribution is -0.130. The first-order valence-electron chi connectivity index (χ1n) is 11.5. The van der Waals surface area contributed by atoms with Gasteiger partial charge in [0.2, 0.25) is 5.90 Å². The number of fused-ring (bicyclic) bond motifs is 2. The smallest absolute Gasteiger partial charge is 0.365 e. The van der Waals surface area contributed by atoms with E-state index in [1.807, 2.05) is 83.9 Å². The highest BCUT2D eigenvalue weighted by atomic mass is 16.6. The van der Waals surface area contributed by atoms with Crippen LogP contribution in [-0.4, -0.2) is 53.9 Å². The molecule has 170 valence electrons. The van der Waals surface area contributed by atoms with E-state index in [0.29, 0.717) is 36.5 Å². The van der Waals surface area contributed by atoms with E-state index in [0.717, 1.165) is 35.1 Å². The number of nitrogens with one attached hydrogen (secondary N) is 1. The first-order valence-corrected chi connectivity index (χ1v) is 11.5. The standard InChI is InChI=1S/C27H24N4O3/c32-26-24(29-25(34-26)23-12-6-8-18-7-4-5-11-22(18)23)17-30-13-19-15-31(16-20(19)14-30)27(33)28-21-9-2-1-3-10-21/h1-12,17,19-20H,13-16H2,(H,28,33). The van der Waals surface area contributed by atoms with Gasteiger partial charge < -0.3 is 19.9 Å². The number of benzene rings is 3. The average Bonchev–Trinajstić information content (AvgIpc) is 3.53. The lowest BCUT2D eigenvalue weighted by atomic mass is 10.0. The molecule has 0 aromatic heterocycles. The van der Waals surface area contributed by atoms with Gasteiger partial charge in [-0.1, -0.05) is 54.6 Å². The largest absolute Gasteiger partial charge is 0.402 e. The first-order chi connectivity index (χ1) is 16.6. The maximum atomic E-state index is 12.6. The van der Waals surface area contributed by atoms with Gasteiger partial charge in [-0.3, -0.25) is 0 Å². The van der Waals surface area contributed by atoms with E-state index in [1.165, 1.54) is 0 Å². The third-order valence-corrected chi connectivity index (χ3v) is 6.77. The highest BCUT2D eigenvalue weighted by Gasteiger charge is 2.41. The number of urea groups is 1. The number of esters is 1. The molecule has 7 heteroatoms. The number of cyclic esters (lactones) is 1. The molecule has 2 atom stereocenters. The zero-order valence-electron chi connectivity index (χ0n) is 18.6. The fourth-order valence-electron chi connectivity index (χ4n) is 5.12. The number of carbonyl (C=O) groups excluding carboxylic acids is 2. The summed E-state index contributed by atoms with van der Waals surface area (Å²) in [7, 11) is 0. The van der Waals surface area contributed by atoms with Crippen molar-refractivity contribution < 1.29 is 14.3 Å². The minimum absolute atomic E-state index is 0.0609. The number of hydrogen-bond donors (Lipinski definition) is 1. The molecular formula is C27H24N4O3. The van der Waals surface area contributed by atoms with E-state index >= 15 is 0 Å². The molecule has 3 heterocycles. The minimum atomic E-state index is -0.427. The molecule has 2 fully saturated rings. The van der Waals surface area contributed by atoms with Gasteiger partial charge in [-0.15, -0.1) is 0 Å². The number of carbonyl (C=O) groups is 2. The summed E-state index contributed by atoms with van der Waals surface area (Å²) < 4.78 is 5.53. The molecule has 0 aliphatic carbocycles. The van der Waals surface area contributed by atoms with Crippen LogP contribution in [0.4, 0.5) is 10.5 Å². The molecule has 1 N–H and O–H groups in total. The summed E-state index contributed by atoms with van der Waals surface area (Å²) in [6, 6.07) is 23.3. The van der Waals surface area contributed by atoms with Crippen molar-refractivity contribution in [2.45, 2.75) is 0 Å². The SMILES string of the molecule is O=C1OC(c2cccc3ccccc23)=NC1=CN1CC2CN(C(=O)Nc3ccccc3)CC2C1. The van der Waals surface area contributed by atoms with E-state index < -0.39 is 5.97 Å². The Kier molecular flexibility index (Phi) is 5.02. The normalized spacial score (nSPS) is 22.8. The second-order valence-corrected chi connectivity index (χ2v) is 9.02. The molecule has 3 aliphatic heterocycles. The number of likely N-dealkylation sites (tertiary alicyclic amines) is 2. The molecule has 2 saturated heterocycles. The zero-order valence-corrected chi connectivity index (χ0v) is 18.6. The Balaban J connectivity index is 1.13. The van der Waals surface area contributed by atoms with Crippen LogP contribution < -0.4 is 5.32 Å². The van der Waals surface area contributed by atoms with E-state index in [4.69, 9.17) is 4.74 Å². The monoisotopic (exact) mass is 452 g/mol. The van der Waals surface area contributed by atoms with Crippen molar-refractivity contribution >= 4 is 34.4 Å². The van der Waals surface area contributed by atoms with Crippen LogP contribution in [-0.2, 0) is 9.53 Å². The number of rotatable bonds is 3. The van der Waals surface area contributed by atoms with Crippen molar-refractivity contribution in [1.29, 1.82) is 0 Å². The maximum Gasteiger partial charge on any atom is 0.365 e. The highest BCUT2D eigenvalue weighted by Crippen LogP contribution is 2.32. The van der Waals surface area contributed by atoms with E-state index in [1.54, 1.807) is 0 Å². The molecule has 7 nitrogen and oxygen atoms in total. The topological polar surface area (TPSA) is 74.2 Å². The van der Waals surface area contributed by atoms with Crippen molar-refractivity contribution in [3.63, 3.8) is 0 Å². The fraction of sp³-hybridized carbons (Fsp3) is 0.222. The summed E-state index contributed by atoms with van der Waals surface area (Å²) in [6.07, 6.45) is 1.81. The third-order valence-electron chi connectivity index (χ3n) is 6.77. The number of ether oxygens (including phenoxy) is 1. The van der Waals surface area contributed by atoms with E-state index in [9.17, 15) is 9.59 Å². The van der Waals surface area contributed by atoms with Gasteiger partial charge in [0.05, 0.1) is 0 Å². The Hall–Kier alpha value is -4.13. The Morgan fingerprint density at radius 1 is 0.912 bits per heavy atom. The zero-order chi connectivity index (χ0) is 23.1. The second kappa shape index (κ2) is 8.33. The van der Waals surface area contributed by atoms with Gasteiger partial charge in [0.15, 0.2) is 5.70 Å². The van der Waals surface area contributed by atoms with Crippen LogP contribution in [0.25, 0.3) is 10.8 Å². The summed E-state index contributed by atoms with van der Waals surface area (Å²) >= 11 is 0. The van der Waals surface area contributed by atoms with Crippen LogP contribution in [0.5, 0.6) is 0 Å². The molecule has 0 bridgehead atoms.